The van der Waals surface area contributed by atoms with Crippen LogP contribution in [0.3, 0.4) is 0 Å². The van der Waals surface area contributed by atoms with Gasteiger partial charge in [0.15, 0.2) is 18.1 Å². The van der Waals surface area contributed by atoms with Gasteiger partial charge in [0.2, 0.25) is 0 Å². The fourth-order valence-corrected chi connectivity index (χ4v) is 3.84. The van der Waals surface area contributed by atoms with Crippen LogP contribution in [0, 0.1) is 0 Å². The van der Waals surface area contributed by atoms with Crippen molar-refractivity contribution in [1.82, 2.24) is 5.01 Å². The molecule has 3 aromatic rings. The molecule has 1 N–H and O–H groups in total. The van der Waals surface area contributed by atoms with Crippen molar-refractivity contribution in [2.24, 2.45) is 5.10 Å². The summed E-state index contributed by atoms with van der Waals surface area (Å²) in [6.45, 7) is -0.458. The summed E-state index contributed by atoms with van der Waals surface area (Å²) in [6, 6.07) is 21.4. The van der Waals surface area contributed by atoms with Gasteiger partial charge < -0.3 is 19.3 Å². The number of benzene rings is 3. The Kier molecular flexibility index (Phi) is 7.65. The zero-order chi connectivity index (χ0) is 25.5. The Labute approximate surface area is 209 Å². The lowest BCUT2D eigenvalue weighted by molar-refractivity contribution is -0.149. The number of hydrazone groups is 1. The molecule has 1 heterocycles. The van der Waals surface area contributed by atoms with E-state index in [2.05, 4.69) is 5.10 Å². The van der Waals surface area contributed by atoms with E-state index in [1.54, 1.807) is 19.2 Å². The van der Waals surface area contributed by atoms with Crippen molar-refractivity contribution in [2.75, 3.05) is 20.8 Å². The van der Waals surface area contributed by atoms with Crippen LogP contribution in [0.1, 0.15) is 29.2 Å². The van der Waals surface area contributed by atoms with Gasteiger partial charge in [-0.15, -0.1) is 0 Å². The van der Waals surface area contributed by atoms with Crippen molar-refractivity contribution in [3.63, 3.8) is 0 Å². The molecule has 184 valence electrons. The molecule has 1 aliphatic rings. The van der Waals surface area contributed by atoms with Crippen LogP contribution in [-0.4, -0.2) is 48.5 Å². The maximum absolute atomic E-state index is 13.1. The molecule has 8 heteroatoms. The van der Waals surface area contributed by atoms with Crippen LogP contribution in [0.4, 0.5) is 0 Å². The molecule has 4 rings (SSSR count). The molecule has 0 radical (unpaired) electrons. The molecule has 1 amide bonds. The second-order valence-corrected chi connectivity index (χ2v) is 8.02. The fraction of sp³-hybridized carbons (Fsp3) is 0.179. The topological polar surface area (TPSA) is 97.7 Å². The quantitative estimate of drug-likeness (QED) is 0.376. The Morgan fingerprint density at radius 2 is 1.78 bits per heavy atom. The number of hydrogen-bond acceptors (Lipinski definition) is 7. The van der Waals surface area contributed by atoms with E-state index >= 15 is 0 Å². The molecule has 1 aliphatic heterocycles. The molecule has 0 aliphatic carbocycles. The lowest BCUT2D eigenvalue weighted by Crippen LogP contribution is -2.31. The highest BCUT2D eigenvalue weighted by atomic mass is 16.5. The molecule has 1 unspecified atom stereocenters. The molecular formula is C28H26N2O6. The highest BCUT2D eigenvalue weighted by Gasteiger charge is 2.33. The third-order valence-corrected chi connectivity index (χ3v) is 5.73. The van der Waals surface area contributed by atoms with Gasteiger partial charge in [-0.2, -0.15) is 5.10 Å². The second kappa shape index (κ2) is 11.2. The number of carbonyl (C=O) groups excluding carboxylic acids is 2. The SMILES string of the molecule is COc1ccc(C2CC(c3ccccc3)=NN2C(=O)COC(=O)/C=C/c2ccc(O)c(OC)c2)cc1. The number of aromatic hydroxyl groups is 1. The van der Waals surface area contributed by atoms with E-state index in [0.29, 0.717) is 17.7 Å². The van der Waals surface area contributed by atoms with Crippen molar-refractivity contribution < 1.29 is 28.9 Å². The molecule has 3 aromatic carbocycles. The van der Waals surface area contributed by atoms with Gasteiger partial charge >= 0.3 is 5.97 Å². The van der Waals surface area contributed by atoms with Crippen LogP contribution in [0.2, 0.25) is 0 Å². The molecule has 0 fully saturated rings. The Bertz CT molecular complexity index is 1290. The Balaban J connectivity index is 1.46. The van der Waals surface area contributed by atoms with E-state index in [4.69, 9.17) is 14.2 Å². The highest BCUT2D eigenvalue weighted by molar-refractivity contribution is 6.03. The number of phenols is 1. The minimum Gasteiger partial charge on any atom is -0.504 e. The van der Waals surface area contributed by atoms with Crippen molar-refractivity contribution in [3.8, 4) is 17.2 Å². The third kappa shape index (κ3) is 5.72. The maximum atomic E-state index is 13.1. The Morgan fingerprint density at radius 1 is 1.03 bits per heavy atom. The Hall–Kier alpha value is -4.59. The number of rotatable bonds is 8. The van der Waals surface area contributed by atoms with Crippen LogP contribution in [0.25, 0.3) is 6.08 Å². The van der Waals surface area contributed by atoms with Crippen molar-refractivity contribution in [3.05, 3.63) is 95.6 Å². The first-order valence-electron chi connectivity index (χ1n) is 11.3. The summed E-state index contributed by atoms with van der Waals surface area (Å²) in [5, 5.41) is 15.6. The number of hydrogen-bond donors (Lipinski definition) is 1. The fourth-order valence-electron chi connectivity index (χ4n) is 3.84. The first-order chi connectivity index (χ1) is 17.5. The van der Waals surface area contributed by atoms with Gasteiger partial charge in [-0.25, -0.2) is 9.80 Å². The minimum absolute atomic E-state index is 0.00437. The van der Waals surface area contributed by atoms with Gasteiger partial charge in [-0.05, 0) is 47.0 Å². The zero-order valence-corrected chi connectivity index (χ0v) is 20.0. The highest BCUT2D eigenvalue weighted by Crippen LogP contribution is 2.33. The molecule has 0 spiro atoms. The number of carbonyl (C=O) groups is 2. The summed E-state index contributed by atoms with van der Waals surface area (Å²) in [5.74, 6) is -0.120. The smallest absolute Gasteiger partial charge is 0.331 e. The van der Waals surface area contributed by atoms with Gasteiger partial charge in [0.25, 0.3) is 5.91 Å². The standard InChI is InChI=1S/C28H26N2O6/c1-34-22-12-10-21(11-13-22)24-17-23(20-6-4-3-5-7-20)29-30(24)27(32)18-36-28(33)15-9-19-8-14-25(31)26(16-19)35-2/h3-16,24,31H,17-18H2,1-2H3/b15-9+. The van der Waals surface area contributed by atoms with Gasteiger partial charge in [0.05, 0.1) is 26.0 Å². The molecule has 8 nitrogen and oxygen atoms in total. The Morgan fingerprint density at radius 3 is 2.47 bits per heavy atom. The normalized spacial score (nSPS) is 15.0. The molecule has 1 atom stereocenters. The predicted octanol–water partition coefficient (Wildman–Crippen LogP) is 4.34. The first kappa shape index (κ1) is 24.5. The van der Waals surface area contributed by atoms with Gasteiger partial charge in [-0.1, -0.05) is 48.5 Å². The molecule has 36 heavy (non-hydrogen) atoms. The van der Waals surface area contributed by atoms with Crippen LogP contribution < -0.4 is 9.47 Å². The summed E-state index contributed by atoms with van der Waals surface area (Å²) in [7, 11) is 3.03. The van der Waals surface area contributed by atoms with E-state index in [1.165, 1.54) is 30.3 Å². The lowest BCUT2D eigenvalue weighted by atomic mass is 9.98. The minimum atomic E-state index is -0.678. The number of amides is 1. The van der Waals surface area contributed by atoms with E-state index in [-0.39, 0.29) is 17.5 Å². The van der Waals surface area contributed by atoms with E-state index in [9.17, 15) is 14.7 Å². The zero-order valence-electron chi connectivity index (χ0n) is 20.0. The summed E-state index contributed by atoms with van der Waals surface area (Å²) in [6.07, 6.45) is 3.25. The predicted molar refractivity (Wildman–Crippen MR) is 135 cm³/mol. The maximum Gasteiger partial charge on any atom is 0.331 e. The van der Waals surface area contributed by atoms with Crippen molar-refractivity contribution >= 4 is 23.7 Å². The van der Waals surface area contributed by atoms with Crippen molar-refractivity contribution in [1.29, 1.82) is 0 Å². The molecule has 0 bridgehead atoms. The monoisotopic (exact) mass is 486 g/mol. The number of methoxy groups -OCH3 is 2. The summed E-state index contributed by atoms with van der Waals surface area (Å²) < 4.78 is 15.5. The van der Waals surface area contributed by atoms with Gasteiger partial charge in [0.1, 0.15) is 5.75 Å². The average Bonchev–Trinajstić information content (AvgIpc) is 3.37. The number of ether oxygens (including phenoxy) is 3. The summed E-state index contributed by atoms with van der Waals surface area (Å²) >= 11 is 0. The molecular weight excluding hydrogens is 460 g/mol. The largest absolute Gasteiger partial charge is 0.504 e. The summed E-state index contributed by atoms with van der Waals surface area (Å²) in [5.41, 5.74) is 3.23. The average molecular weight is 487 g/mol. The number of phenolic OH excluding ortho intramolecular Hbond substituents is 1. The van der Waals surface area contributed by atoms with Gasteiger partial charge in [-0.3, -0.25) is 4.79 Å². The molecule has 0 aromatic heterocycles. The first-order valence-corrected chi connectivity index (χ1v) is 11.3. The summed E-state index contributed by atoms with van der Waals surface area (Å²) in [4.78, 5) is 25.3. The molecule has 0 saturated heterocycles. The van der Waals surface area contributed by atoms with Gasteiger partial charge in [0, 0.05) is 12.5 Å². The van der Waals surface area contributed by atoms with Crippen LogP contribution in [-0.2, 0) is 14.3 Å². The van der Waals surface area contributed by atoms with Crippen molar-refractivity contribution in [2.45, 2.75) is 12.5 Å². The molecule has 0 saturated carbocycles. The number of nitrogens with zero attached hydrogens (tertiary/aromatic N) is 2. The van der Waals surface area contributed by atoms with Crippen LogP contribution in [0.15, 0.2) is 84.0 Å². The van der Waals surface area contributed by atoms with Crippen LogP contribution in [0.5, 0.6) is 17.2 Å². The second-order valence-electron chi connectivity index (χ2n) is 8.02. The van der Waals surface area contributed by atoms with Crippen LogP contribution >= 0.6 is 0 Å². The number of esters is 1. The van der Waals surface area contributed by atoms with E-state index < -0.39 is 18.5 Å². The van der Waals surface area contributed by atoms with E-state index in [1.807, 2.05) is 54.6 Å². The van der Waals surface area contributed by atoms with E-state index in [0.717, 1.165) is 16.8 Å². The lowest BCUT2D eigenvalue weighted by Gasteiger charge is -2.22. The third-order valence-electron chi connectivity index (χ3n) is 5.73.